The number of phenols is 1. The van der Waals surface area contributed by atoms with Crippen molar-refractivity contribution in [2.24, 2.45) is 5.41 Å². The summed E-state index contributed by atoms with van der Waals surface area (Å²) in [6.45, 7) is 3.93. The highest BCUT2D eigenvalue weighted by atomic mass is 19.1. The van der Waals surface area contributed by atoms with Crippen LogP contribution in [0.2, 0.25) is 0 Å². The Kier molecular flexibility index (Phi) is 9.29. The molecule has 2 aliphatic carbocycles. The number of hydrogen-bond acceptors (Lipinski definition) is 11. The number of phenolic OH excluding ortho intramolecular Hbond substituents is 1. The fourth-order valence-electron chi connectivity index (χ4n) is 9.25. The van der Waals surface area contributed by atoms with E-state index < -0.39 is 17.2 Å². The number of ether oxygens (including phenoxy) is 4. The van der Waals surface area contributed by atoms with Crippen molar-refractivity contribution >= 4 is 27.5 Å². The van der Waals surface area contributed by atoms with Crippen molar-refractivity contribution in [2.45, 2.75) is 75.7 Å². The molecule has 0 spiro atoms. The summed E-state index contributed by atoms with van der Waals surface area (Å²) < 4.78 is 56.0. The quantitative estimate of drug-likeness (QED) is 0.221. The monoisotopic (exact) mass is 729 g/mol. The summed E-state index contributed by atoms with van der Waals surface area (Å²) >= 11 is 0. The Bertz CT molecular complexity index is 2100. The van der Waals surface area contributed by atoms with Crippen LogP contribution < -0.4 is 14.4 Å². The van der Waals surface area contributed by atoms with Crippen LogP contribution in [0, 0.1) is 29.4 Å². The molecule has 2 aliphatic heterocycles. The number of likely N-dealkylation sites (tertiary alicyclic amines) is 1. The second-order valence-corrected chi connectivity index (χ2v) is 15.3. The van der Waals surface area contributed by atoms with Gasteiger partial charge in [0.25, 0.3) is 0 Å². The molecule has 53 heavy (non-hydrogen) atoms. The predicted octanol–water partition coefficient (Wildman–Crippen LogP) is 5.60. The molecule has 2 saturated carbocycles. The number of piperidine rings is 1. The van der Waals surface area contributed by atoms with Crippen LogP contribution in [-0.2, 0) is 9.47 Å². The van der Waals surface area contributed by atoms with E-state index in [1.54, 1.807) is 14.0 Å². The first kappa shape index (κ1) is 35.7. The van der Waals surface area contributed by atoms with Crippen LogP contribution in [0.4, 0.5) is 14.6 Å². The Labute approximate surface area is 307 Å². The normalized spacial score (nSPS) is 27.6. The predicted molar refractivity (Wildman–Crippen MR) is 195 cm³/mol. The minimum Gasteiger partial charge on any atom is -0.508 e. The van der Waals surface area contributed by atoms with Crippen molar-refractivity contribution < 1.29 is 37.9 Å². The lowest BCUT2D eigenvalue weighted by atomic mass is 9.73. The number of anilines is 1. The number of rotatable bonds is 8. The lowest BCUT2D eigenvalue weighted by Crippen LogP contribution is -2.59. The van der Waals surface area contributed by atoms with Gasteiger partial charge in [-0.25, -0.2) is 13.8 Å². The standard InChI is InChI=1S/C40H45F2N5O6/c1-5-27-29(41)10-9-23-16-25(48)19-28(31(23)27)34-33(42)35-32(37(43-34)51-4)36(46-14-15-52-21-39(2,49)20-46)45-38(44-35)53-22-40-11-6-8-30(40)47(13-7-12-40)24-17-26(18-24)50-3/h1,9-10,16,19,24,26,30,48-49H,6-8,11-15,17-18,20-22H2,2-4H3. The molecule has 3 atom stereocenters. The van der Waals surface area contributed by atoms with Gasteiger partial charge in [0.15, 0.2) is 5.82 Å². The summed E-state index contributed by atoms with van der Waals surface area (Å²) in [5, 5.41) is 22.7. The number of nitrogens with zero attached hydrogens (tertiary/aromatic N) is 5. The first-order chi connectivity index (χ1) is 25.5. The van der Waals surface area contributed by atoms with Gasteiger partial charge in [-0.15, -0.1) is 6.42 Å². The molecule has 4 fully saturated rings. The maximum Gasteiger partial charge on any atom is 0.319 e. The van der Waals surface area contributed by atoms with Gasteiger partial charge in [-0.3, -0.25) is 4.90 Å². The third-order valence-electron chi connectivity index (χ3n) is 11.8. The number of benzene rings is 2. The fraction of sp³-hybridized carbons (Fsp3) is 0.525. The van der Waals surface area contributed by atoms with Crippen molar-refractivity contribution in [3.63, 3.8) is 0 Å². The first-order valence-corrected chi connectivity index (χ1v) is 18.4. The lowest BCUT2D eigenvalue weighted by Gasteiger charge is -2.53. The number of fused-ring (bicyclic) bond motifs is 3. The molecule has 0 bridgehead atoms. The average molecular weight is 730 g/mol. The fourth-order valence-corrected chi connectivity index (χ4v) is 9.25. The molecule has 2 N–H and O–H groups in total. The zero-order chi connectivity index (χ0) is 37.1. The van der Waals surface area contributed by atoms with Crippen molar-refractivity contribution in [2.75, 3.05) is 58.6 Å². The van der Waals surface area contributed by atoms with Crippen LogP contribution in [0.25, 0.3) is 32.9 Å². The average Bonchev–Trinajstić information content (AvgIpc) is 3.47. The number of aromatic nitrogens is 3. The number of terminal acetylenes is 1. The van der Waals surface area contributed by atoms with Gasteiger partial charge in [-0.05, 0) is 75.6 Å². The summed E-state index contributed by atoms with van der Waals surface area (Å²) in [5.74, 6) is 0.929. The SMILES string of the molecule is C#Cc1c(F)ccc2cc(O)cc(-c3nc(OC)c4c(N5CCOCC(C)(O)C5)nc(OCC56CCCC5N(C5CC(OC)C5)CCC6)nc4c3F)c12. The van der Waals surface area contributed by atoms with Gasteiger partial charge in [0.2, 0.25) is 5.88 Å². The van der Waals surface area contributed by atoms with Crippen LogP contribution >= 0.6 is 0 Å². The highest BCUT2D eigenvalue weighted by Gasteiger charge is 2.52. The van der Waals surface area contributed by atoms with E-state index in [1.165, 1.54) is 31.4 Å². The molecule has 2 saturated heterocycles. The van der Waals surface area contributed by atoms with Crippen LogP contribution in [0.3, 0.4) is 0 Å². The van der Waals surface area contributed by atoms with E-state index in [-0.39, 0.29) is 81.7 Å². The summed E-state index contributed by atoms with van der Waals surface area (Å²) in [5.41, 5.74) is -1.76. The maximum absolute atomic E-state index is 17.3. The summed E-state index contributed by atoms with van der Waals surface area (Å²) in [7, 11) is 3.18. The summed E-state index contributed by atoms with van der Waals surface area (Å²) in [6.07, 6.45) is 13.4. The van der Waals surface area contributed by atoms with Gasteiger partial charge in [0, 0.05) is 42.1 Å². The zero-order valence-electron chi connectivity index (χ0n) is 30.3. The molecule has 11 nitrogen and oxygen atoms in total. The Hall–Kier alpha value is -4.35. The third kappa shape index (κ3) is 6.29. The second kappa shape index (κ2) is 13.8. The molecule has 8 rings (SSSR count). The number of pyridine rings is 1. The largest absolute Gasteiger partial charge is 0.508 e. The highest BCUT2D eigenvalue weighted by molar-refractivity contribution is 6.04. The van der Waals surface area contributed by atoms with Crippen LogP contribution in [0.5, 0.6) is 17.6 Å². The topological polar surface area (TPSA) is 123 Å². The molecule has 2 aromatic heterocycles. The molecule has 13 heteroatoms. The molecule has 0 radical (unpaired) electrons. The van der Waals surface area contributed by atoms with E-state index in [0.717, 1.165) is 51.5 Å². The van der Waals surface area contributed by atoms with Crippen LogP contribution in [0.1, 0.15) is 57.4 Å². The lowest BCUT2D eigenvalue weighted by molar-refractivity contribution is -0.0845. The number of hydrogen-bond donors (Lipinski definition) is 2. The third-order valence-corrected chi connectivity index (χ3v) is 11.8. The Balaban J connectivity index is 1.26. The molecule has 280 valence electrons. The molecular formula is C40H45F2N5O6. The van der Waals surface area contributed by atoms with E-state index in [0.29, 0.717) is 36.7 Å². The molecule has 4 aromatic rings. The van der Waals surface area contributed by atoms with Gasteiger partial charge in [0.1, 0.15) is 39.6 Å². The van der Waals surface area contributed by atoms with Crippen molar-refractivity contribution in [1.82, 2.24) is 19.9 Å². The number of methoxy groups -OCH3 is 2. The Morgan fingerprint density at radius 2 is 1.89 bits per heavy atom. The molecule has 4 aliphatic rings. The van der Waals surface area contributed by atoms with Crippen molar-refractivity contribution in [3.05, 3.63) is 41.5 Å². The van der Waals surface area contributed by atoms with Gasteiger partial charge < -0.3 is 34.1 Å². The highest BCUT2D eigenvalue weighted by Crippen LogP contribution is 2.50. The van der Waals surface area contributed by atoms with Gasteiger partial charge in [-0.2, -0.15) is 9.97 Å². The molecule has 0 amide bonds. The van der Waals surface area contributed by atoms with Crippen molar-refractivity contribution in [1.29, 1.82) is 0 Å². The number of β-amino-alcohol motifs (C(OH)–C–C–N with tert-alkyl or cyclic N) is 1. The molecule has 4 heterocycles. The minimum atomic E-state index is -1.24. The Morgan fingerprint density at radius 1 is 1.08 bits per heavy atom. The number of aliphatic hydroxyl groups is 1. The van der Waals surface area contributed by atoms with E-state index >= 15 is 8.78 Å². The van der Waals surface area contributed by atoms with E-state index in [2.05, 4.69) is 20.8 Å². The molecular weight excluding hydrogens is 684 g/mol. The van der Waals surface area contributed by atoms with Crippen LogP contribution in [0.15, 0.2) is 24.3 Å². The minimum absolute atomic E-state index is 0.00912. The summed E-state index contributed by atoms with van der Waals surface area (Å²) in [6, 6.07) is 6.23. The number of halogens is 2. The van der Waals surface area contributed by atoms with Gasteiger partial charge in [-0.1, -0.05) is 18.4 Å². The van der Waals surface area contributed by atoms with E-state index in [1.807, 2.05) is 4.90 Å². The van der Waals surface area contributed by atoms with Gasteiger partial charge in [0.05, 0.1) is 45.1 Å². The number of aromatic hydroxyl groups is 1. The Morgan fingerprint density at radius 3 is 2.66 bits per heavy atom. The maximum atomic E-state index is 17.3. The van der Waals surface area contributed by atoms with Gasteiger partial charge >= 0.3 is 6.01 Å². The van der Waals surface area contributed by atoms with E-state index in [9.17, 15) is 10.2 Å². The van der Waals surface area contributed by atoms with E-state index in [4.69, 9.17) is 30.4 Å². The zero-order valence-corrected chi connectivity index (χ0v) is 30.3. The molecule has 3 unspecified atom stereocenters. The smallest absolute Gasteiger partial charge is 0.319 e. The molecule has 2 aromatic carbocycles. The first-order valence-electron chi connectivity index (χ1n) is 18.4. The summed E-state index contributed by atoms with van der Waals surface area (Å²) in [4.78, 5) is 18.6. The van der Waals surface area contributed by atoms with Crippen molar-refractivity contribution in [3.8, 4) is 41.2 Å². The second-order valence-electron chi connectivity index (χ2n) is 15.3. The van der Waals surface area contributed by atoms with Crippen LogP contribution in [-0.4, -0.2) is 108 Å².